The van der Waals surface area contributed by atoms with Crippen LogP contribution in [0.5, 0.6) is 0 Å². The molecule has 0 N–H and O–H groups in total. The van der Waals surface area contributed by atoms with Gasteiger partial charge < -0.3 is 4.90 Å². The van der Waals surface area contributed by atoms with Crippen molar-refractivity contribution in [2.24, 2.45) is 0 Å². The molecule has 8 heteroatoms. The van der Waals surface area contributed by atoms with Crippen LogP contribution in [-0.4, -0.2) is 54.6 Å². The number of aromatic nitrogens is 2. The molecular weight excluding hydrogens is 415 g/mol. The number of nitrogens with zero attached hydrogens (tertiary/aromatic N) is 4. The first kappa shape index (κ1) is 23.6. The summed E-state index contributed by atoms with van der Waals surface area (Å²) in [5.74, 6) is 1.74. The molecule has 3 rings (SSSR count). The molecular formula is C23H33FN4O2S. The lowest BCUT2D eigenvalue weighted by Crippen LogP contribution is -2.49. The summed E-state index contributed by atoms with van der Waals surface area (Å²) in [4.78, 5) is 11.8. The third-order valence-electron chi connectivity index (χ3n) is 5.98. The van der Waals surface area contributed by atoms with Crippen molar-refractivity contribution in [3.8, 4) is 0 Å². The largest absolute Gasteiger partial charge is 0.354 e. The van der Waals surface area contributed by atoms with Crippen LogP contribution in [0, 0.1) is 12.7 Å². The molecule has 2 heterocycles. The fraction of sp³-hybridized carbons (Fsp3) is 0.565. The van der Waals surface area contributed by atoms with Crippen LogP contribution in [0.4, 0.5) is 10.2 Å². The number of sulfonamides is 1. The highest BCUT2D eigenvalue weighted by atomic mass is 32.2. The molecule has 1 aliphatic rings. The normalized spacial score (nSPS) is 16.5. The second-order valence-corrected chi connectivity index (χ2v) is 10.3. The maximum absolute atomic E-state index is 14.4. The maximum atomic E-state index is 14.4. The first-order valence-corrected chi connectivity index (χ1v) is 12.7. The van der Waals surface area contributed by atoms with Crippen molar-refractivity contribution in [1.29, 1.82) is 0 Å². The maximum Gasteiger partial charge on any atom is 0.214 e. The van der Waals surface area contributed by atoms with Gasteiger partial charge in [0, 0.05) is 49.8 Å². The van der Waals surface area contributed by atoms with Gasteiger partial charge in [-0.05, 0) is 31.4 Å². The molecule has 6 nitrogen and oxygen atoms in total. The Labute approximate surface area is 185 Å². The molecule has 0 radical (unpaired) electrons. The van der Waals surface area contributed by atoms with E-state index in [1.54, 1.807) is 16.4 Å². The van der Waals surface area contributed by atoms with Crippen molar-refractivity contribution in [2.45, 2.75) is 52.9 Å². The molecule has 1 fully saturated rings. The monoisotopic (exact) mass is 448 g/mol. The number of halogens is 1. The average molecular weight is 449 g/mol. The van der Waals surface area contributed by atoms with Crippen LogP contribution in [0.1, 0.15) is 62.2 Å². The van der Waals surface area contributed by atoms with E-state index in [9.17, 15) is 12.8 Å². The number of hydrogen-bond donors (Lipinski definition) is 0. The Balaban J connectivity index is 1.94. The van der Waals surface area contributed by atoms with Gasteiger partial charge in [-0.2, -0.15) is 4.31 Å². The molecule has 0 bridgehead atoms. The van der Waals surface area contributed by atoms with E-state index in [2.05, 4.69) is 18.7 Å². The minimum atomic E-state index is -3.21. The molecule has 1 aromatic heterocycles. The predicted molar refractivity (Wildman–Crippen MR) is 123 cm³/mol. The molecule has 0 saturated carbocycles. The highest BCUT2D eigenvalue weighted by molar-refractivity contribution is 7.89. The number of benzene rings is 1. The number of aryl methyl sites for hydroxylation is 1. The lowest BCUT2D eigenvalue weighted by molar-refractivity contribution is 0.383. The Morgan fingerprint density at radius 2 is 1.77 bits per heavy atom. The number of anilines is 1. The van der Waals surface area contributed by atoms with Crippen LogP contribution in [0.15, 0.2) is 24.3 Å². The van der Waals surface area contributed by atoms with Crippen molar-refractivity contribution >= 4 is 15.8 Å². The summed E-state index contributed by atoms with van der Waals surface area (Å²) in [6.45, 7) is 10.0. The van der Waals surface area contributed by atoms with Crippen LogP contribution in [0.25, 0.3) is 0 Å². The number of rotatable bonds is 8. The Bertz CT molecular complexity index is 1000. The van der Waals surface area contributed by atoms with E-state index in [0.29, 0.717) is 44.6 Å². The van der Waals surface area contributed by atoms with E-state index in [4.69, 9.17) is 9.97 Å². The summed E-state index contributed by atoms with van der Waals surface area (Å²) < 4.78 is 40.8. The molecule has 0 spiro atoms. The SMILES string of the molecule is CCCS(=O)(=O)N1CCN(c2nc([C@H](C)CC)nc(C)c2Cc2ccccc2F)CC1. The zero-order valence-electron chi connectivity index (χ0n) is 18.9. The van der Waals surface area contributed by atoms with Crippen LogP contribution in [0.3, 0.4) is 0 Å². The summed E-state index contributed by atoms with van der Waals surface area (Å²) >= 11 is 0. The molecule has 170 valence electrons. The zero-order valence-corrected chi connectivity index (χ0v) is 19.8. The van der Waals surface area contributed by atoms with Crippen molar-refractivity contribution < 1.29 is 12.8 Å². The predicted octanol–water partition coefficient (Wildman–Crippen LogP) is 3.89. The van der Waals surface area contributed by atoms with Crippen LogP contribution in [0.2, 0.25) is 0 Å². The summed E-state index contributed by atoms with van der Waals surface area (Å²) in [7, 11) is -3.21. The fourth-order valence-corrected chi connectivity index (χ4v) is 5.36. The molecule has 0 aliphatic carbocycles. The highest BCUT2D eigenvalue weighted by Crippen LogP contribution is 2.28. The molecule has 0 unspecified atom stereocenters. The van der Waals surface area contributed by atoms with E-state index in [0.717, 1.165) is 29.3 Å². The quantitative estimate of drug-likeness (QED) is 0.613. The van der Waals surface area contributed by atoms with Gasteiger partial charge in [-0.25, -0.2) is 22.8 Å². The van der Waals surface area contributed by atoms with E-state index in [1.807, 2.05) is 19.9 Å². The molecule has 1 atom stereocenters. The van der Waals surface area contributed by atoms with Crippen molar-refractivity contribution in [2.75, 3.05) is 36.8 Å². The van der Waals surface area contributed by atoms with Gasteiger partial charge in [0.15, 0.2) is 0 Å². The summed E-state index contributed by atoms with van der Waals surface area (Å²) in [5.41, 5.74) is 2.36. The molecule has 1 aromatic carbocycles. The molecule has 31 heavy (non-hydrogen) atoms. The standard InChI is InChI=1S/C23H33FN4O2S/c1-5-15-31(29,30)28-13-11-27(12-14-28)23-20(16-19-9-7-8-10-21(19)24)18(4)25-22(26-23)17(3)6-2/h7-10,17H,5-6,11-16H2,1-4H3/t17-/m1/s1. The highest BCUT2D eigenvalue weighted by Gasteiger charge is 2.29. The van der Waals surface area contributed by atoms with Crippen molar-refractivity contribution in [3.05, 3.63) is 52.7 Å². The minimum Gasteiger partial charge on any atom is -0.354 e. The average Bonchev–Trinajstić information content (AvgIpc) is 2.75. The fourth-order valence-electron chi connectivity index (χ4n) is 3.87. The Morgan fingerprint density at radius 1 is 1.10 bits per heavy atom. The second-order valence-electron chi connectivity index (χ2n) is 8.25. The number of piperazine rings is 1. The van der Waals surface area contributed by atoms with Crippen molar-refractivity contribution in [1.82, 2.24) is 14.3 Å². The zero-order chi connectivity index (χ0) is 22.6. The van der Waals surface area contributed by atoms with Crippen LogP contribution >= 0.6 is 0 Å². The first-order valence-electron chi connectivity index (χ1n) is 11.1. The van der Waals surface area contributed by atoms with Gasteiger partial charge in [0.25, 0.3) is 0 Å². The molecule has 0 amide bonds. The number of hydrogen-bond acceptors (Lipinski definition) is 5. The summed E-state index contributed by atoms with van der Waals surface area (Å²) in [6.07, 6.45) is 1.94. The van der Waals surface area contributed by atoms with E-state index in [1.165, 1.54) is 6.07 Å². The van der Waals surface area contributed by atoms with Gasteiger partial charge in [-0.3, -0.25) is 0 Å². The van der Waals surface area contributed by atoms with Gasteiger partial charge in [-0.1, -0.05) is 39.0 Å². The molecule has 2 aromatic rings. The van der Waals surface area contributed by atoms with E-state index in [-0.39, 0.29) is 17.5 Å². The lowest BCUT2D eigenvalue weighted by atomic mass is 10.0. The topological polar surface area (TPSA) is 66.4 Å². The molecule has 1 aliphatic heterocycles. The van der Waals surface area contributed by atoms with Crippen LogP contribution in [-0.2, 0) is 16.4 Å². The van der Waals surface area contributed by atoms with Gasteiger partial charge in [0.2, 0.25) is 10.0 Å². The van der Waals surface area contributed by atoms with Gasteiger partial charge in [0.05, 0.1) is 5.75 Å². The molecule has 1 saturated heterocycles. The second kappa shape index (κ2) is 10.0. The van der Waals surface area contributed by atoms with Gasteiger partial charge >= 0.3 is 0 Å². The third kappa shape index (κ3) is 5.41. The van der Waals surface area contributed by atoms with E-state index >= 15 is 0 Å². The van der Waals surface area contributed by atoms with Crippen molar-refractivity contribution in [3.63, 3.8) is 0 Å². The van der Waals surface area contributed by atoms with Gasteiger partial charge in [-0.15, -0.1) is 0 Å². The Morgan fingerprint density at radius 3 is 2.39 bits per heavy atom. The Kier molecular flexibility index (Phi) is 7.64. The van der Waals surface area contributed by atoms with E-state index < -0.39 is 10.0 Å². The van der Waals surface area contributed by atoms with Gasteiger partial charge in [0.1, 0.15) is 17.5 Å². The first-order chi connectivity index (χ1) is 14.8. The summed E-state index contributed by atoms with van der Waals surface area (Å²) in [5, 5.41) is 0. The summed E-state index contributed by atoms with van der Waals surface area (Å²) in [6, 6.07) is 6.77. The lowest BCUT2D eigenvalue weighted by Gasteiger charge is -2.36. The minimum absolute atomic E-state index is 0.177. The third-order valence-corrected chi connectivity index (χ3v) is 8.06. The smallest absolute Gasteiger partial charge is 0.214 e. The Hall–Kier alpha value is -2.06. The van der Waals surface area contributed by atoms with Crippen LogP contribution < -0.4 is 4.90 Å².